The molecule has 0 spiro atoms. The maximum atomic E-state index is 13.7. The second-order valence-electron chi connectivity index (χ2n) is 5.41. The first-order valence-electron chi connectivity index (χ1n) is 6.01. The third-order valence-corrected chi connectivity index (χ3v) is 2.36. The van der Waals surface area contributed by atoms with E-state index in [1.165, 1.54) is 12.1 Å². The first-order chi connectivity index (χ1) is 8.73. The van der Waals surface area contributed by atoms with Gasteiger partial charge in [0.05, 0.1) is 17.3 Å². The summed E-state index contributed by atoms with van der Waals surface area (Å²) >= 11 is 0. The summed E-state index contributed by atoms with van der Waals surface area (Å²) in [5.74, 6) is -0.759. The molecule has 0 aromatic heterocycles. The lowest BCUT2D eigenvalue weighted by Gasteiger charge is -2.24. The fourth-order valence-electron chi connectivity index (χ4n) is 1.48. The first-order valence-corrected chi connectivity index (χ1v) is 6.01. The third kappa shape index (κ3) is 4.59. The lowest BCUT2D eigenvalue weighted by atomic mass is 10.1. The van der Waals surface area contributed by atoms with Gasteiger partial charge in [-0.2, -0.15) is 5.26 Å². The summed E-state index contributed by atoms with van der Waals surface area (Å²) in [6.07, 6.45) is 0. The summed E-state index contributed by atoms with van der Waals surface area (Å²) in [6, 6.07) is 5.38. The predicted octanol–water partition coefficient (Wildman–Crippen LogP) is 2.41. The molecule has 1 rings (SSSR count). The molecule has 4 nitrogen and oxygen atoms in total. The Morgan fingerprint density at radius 1 is 1.42 bits per heavy atom. The quantitative estimate of drug-likeness (QED) is 0.880. The largest absolute Gasteiger partial charge is 0.372 e. The Kier molecular flexibility index (Phi) is 4.49. The number of amides is 1. The first kappa shape index (κ1) is 15.0. The molecule has 1 aromatic rings. The number of rotatable bonds is 3. The minimum absolute atomic E-state index is 0.204. The Bertz CT molecular complexity index is 514. The highest BCUT2D eigenvalue weighted by molar-refractivity contribution is 5.84. The maximum absolute atomic E-state index is 13.7. The molecule has 0 bridgehead atoms. The normalized spacial score (nSPS) is 12.4. The van der Waals surface area contributed by atoms with E-state index in [0.29, 0.717) is 0 Å². The Labute approximate surface area is 112 Å². The van der Waals surface area contributed by atoms with Crippen molar-refractivity contribution in [2.24, 2.45) is 0 Å². The van der Waals surface area contributed by atoms with Crippen molar-refractivity contribution in [2.75, 3.05) is 5.32 Å². The molecular formula is C14H18FN3O. The Balaban J connectivity index is 2.75. The topological polar surface area (TPSA) is 64.9 Å². The van der Waals surface area contributed by atoms with Gasteiger partial charge in [0.2, 0.25) is 5.91 Å². The standard InChI is InChI=1S/C14H18FN3O/c1-9(13(19)18-14(2,3)4)17-12-6-5-10(8-16)7-11(12)15/h5-7,9,17H,1-4H3,(H,18,19). The van der Waals surface area contributed by atoms with Crippen molar-refractivity contribution in [3.05, 3.63) is 29.6 Å². The number of halogens is 1. The summed E-state index contributed by atoms with van der Waals surface area (Å²) < 4.78 is 13.7. The number of nitrogens with zero attached hydrogens (tertiary/aromatic N) is 1. The molecule has 0 aliphatic heterocycles. The number of anilines is 1. The summed E-state index contributed by atoms with van der Waals surface area (Å²) in [6.45, 7) is 7.28. The van der Waals surface area contributed by atoms with E-state index in [1.54, 1.807) is 6.92 Å². The van der Waals surface area contributed by atoms with Crippen molar-refractivity contribution >= 4 is 11.6 Å². The van der Waals surface area contributed by atoms with Gasteiger partial charge in [0.25, 0.3) is 0 Å². The third-order valence-electron chi connectivity index (χ3n) is 2.36. The van der Waals surface area contributed by atoms with Crippen molar-refractivity contribution in [3.63, 3.8) is 0 Å². The van der Waals surface area contributed by atoms with Crippen LogP contribution in [0.4, 0.5) is 10.1 Å². The van der Waals surface area contributed by atoms with Crippen LogP contribution in [0.5, 0.6) is 0 Å². The SMILES string of the molecule is CC(Nc1ccc(C#N)cc1F)C(=O)NC(C)(C)C. The lowest BCUT2D eigenvalue weighted by Crippen LogP contribution is -2.47. The summed E-state index contributed by atoms with van der Waals surface area (Å²) in [7, 11) is 0. The second-order valence-corrected chi connectivity index (χ2v) is 5.41. The smallest absolute Gasteiger partial charge is 0.242 e. The molecule has 0 heterocycles. The molecular weight excluding hydrogens is 245 g/mol. The Morgan fingerprint density at radius 3 is 2.53 bits per heavy atom. The van der Waals surface area contributed by atoms with Crippen LogP contribution in [0.3, 0.4) is 0 Å². The van der Waals surface area contributed by atoms with Crippen molar-refractivity contribution < 1.29 is 9.18 Å². The van der Waals surface area contributed by atoms with Crippen molar-refractivity contribution in [2.45, 2.75) is 39.3 Å². The van der Waals surface area contributed by atoms with Crippen LogP contribution in [0.25, 0.3) is 0 Å². The van der Waals surface area contributed by atoms with Crippen molar-refractivity contribution in [3.8, 4) is 6.07 Å². The molecule has 0 radical (unpaired) electrons. The van der Waals surface area contributed by atoms with Gasteiger partial charge in [0.1, 0.15) is 11.9 Å². The number of nitriles is 1. The molecule has 2 N–H and O–H groups in total. The maximum Gasteiger partial charge on any atom is 0.242 e. The van der Waals surface area contributed by atoms with E-state index in [4.69, 9.17) is 5.26 Å². The highest BCUT2D eigenvalue weighted by Gasteiger charge is 2.19. The van der Waals surface area contributed by atoms with Gasteiger partial charge >= 0.3 is 0 Å². The molecule has 1 aromatic carbocycles. The van der Waals surface area contributed by atoms with E-state index in [-0.39, 0.29) is 22.7 Å². The molecule has 0 aliphatic rings. The monoisotopic (exact) mass is 263 g/mol. The summed E-state index contributed by atoms with van der Waals surface area (Å²) in [5, 5.41) is 14.2. The van der Waals surface area contributed by atoms with E-state index in [2.05, 4.69) is 10.6 Å². The van der Waals surface area contributed by atoms with Crippen LogP contribution < -0.4 is 10.6 Å². The number of carbonyl (C=O) groups excluding carboxylic acids is 1. The molecule has 5 heteroatoms. The fourth-order valence-corrected chi connectivity index (χ4v) is 1.48. The molecule has 1 amide bonds. The molecule has 1 atom stereocenters. The summed E-state index contributed by atoms with van der Waals surface area (Å²) in [4.78, 5) is 11.8. The van der Waals surface area contributed by atoms with E-state index in [0.717, 1.165) is 6.07 Å². The average Bonchev–Trinajstić information content (AvgIpc) is 2.29. The van der Waals surface area contributed by atoms with E-state index in [9.17, 15) is 9.18 Å². The van der Waals surface area contributed by atoms with E-state index >= 15 is 0 Å². The van der Waals surface area contributed by atoms with Gasteiger partial charge in [-0.1, -0.05) is 0 Å². The van der Waals surface area contributed by atoms with Crippen LogP contribution in [0.2, 0.25) is 0 Å². The second kappa shape index (κ2) is 5.70. The Morgan fingerprint density at radius 2 is 2.05 bits per heavy atom. The van der Waals surface area contributed by atoms with Gasteiger partial charge in [-0.05, 0) is 45.9 Å². The van der Waals surface area contributed by atoms with Crippen LogP contribution in [-0.2, 0) is 4.79 Å². The Hall–Kier alpha value is -2.09. The number of benzene rings is 1. The van der Waals surface area contributed by atoms with Crippen LogP contribution in [0, 0.1) is 17.1 Å². The van der Waals surface area contributed by atoms with Gasteiger partial charge in [-0.3, -0.25) is 4.79 Å². The molecule has 1 unspecified atom stereocenters. The van der Waals surface area contributed by atoms with Crippen molar-refractivity contribution in [1.82, 2.24) is 5.32 Å². The van der Waals surface area contributed by atoms with Crippen LogP contribution >= 0.6 is 0 Å². The van der Waals surface area contributed by atoms with Crippen LogP contribution in [0.15, 0.2) is 18.2 Å². The fraction of sp³-hybridized carbons (Fsp3) is 0.429. The minimum Gasteiger partial charge on any atom is -0.372 e. The number of hydrogen-bond donors (Lipinski definition) is 2. The average molecular weight is 263 g/mol. The summed E-state index contributed by atoms with van der Waals surface area (Å²) in [5.41, 5.74) is 0.112. The molecule has 0 saturated carbocycles. The van der Waals surface area contributed by atoms with Gasteiger partial charge in [-0.15, -0.1) is 0 Å². The molecule has 19 heavy (non-hydrogen) atoms. The van der Waals surface area contributed by atoms with Crippen LogP contribution in [0.1, 0.15) is 33.3 Å². The van der Waals surface area contributed by atoms with E-state index in [1.807, 2.05) is 26.8 Å². The molecule has 102 valence electrons. The zero-order valence-corrected chi connectivity index (χ0v) is 11.5. The van der Waals surface area contributed by atoms with Gasteiger partial charge in [-0.25, -0.2) is 4.39 Å². The molecule has 0 aliphatic carbocycles. The van der Waals surface area contributed by atoms with Crippen LogP contribution in [-0.4, -0.2) is 17.5 Å². The number of carbonyl (C=O) groups is 1. The van der Waals surface area contributed by atoms with E-state index < -0.39 is 11.9 Å². The lowest BCUT2D eigenvalue weighted by molar-refractivity contribution is -0.122. The zero-order valence-electron chi connectivity index (χ0n) is 11.5. The van der Waals surface area contributed by atoms with Gasteiger partial charge in [0, 0.05) is 5.54 Å². The van der Waals surface area contributed by atoms with Crippen molar-refractivity contribution in [1.29, 1.82) is 5.26 Å². The zero-order chi connectivity index (χ0) is 14.6. The minimum atomic E-state index is -0.568. The molecule has 0 saturated heterocycles. The number of hydrogen-bond acceptors (Lipinski definition) is 3. The van der Waals surface area contributed by atoms with Gasteiger partial charge < -0.3 is 10.6 Å². The predicted molar refractivity (Wildman–Crippen MR) is 72.1 cm³/mol. The highest BCUT2D eigenvalue weighted by atomic mass is 19.1. The van der Waals surface area contributed by atoms with Gasteiger partial charge in [0.15, 0.2) is 0 Å². The molecule has 0 fully saturated rings. The highest BCUT2D eigenvalue weighted by Crippen LogP contribution is 2.16. The number of nitrogens with one attached hydrogen (secondary N) is 2.